The van der Waals surface area contributed by atoms with Crippen LogP contribution in [0.2, 0.25) is 0 Å². The first-order valence-corrected chi connectivity index (χ1v) is 9.55. The molecule has 6 nitrogen and oxygen atoms in total. The van der Waals surface area contributed by atoms with E-state index < -0.39 is 18.2 Å². The van der Waals surface area contributed by atoms with Gasteiger partial charge in [-0.05, 0) is 51.3 Å². The number of fused-ring (bicyclic) bond motifs is 1. The van der Waals surface area contributed by atoms with Crippen molar-refractivity contribution in [1.29, 1.82) is 0 Å². The summed E-state index contributed by atoms with van der Waals surface area (Å²) in [4.78, 5) is 22.2. The van der Waals surface area contributed by atoms with E-state index >= 15 is 0 Å². The number of hydrogen-bond acceptors (Lipinski definition) is 5. The minimum absolute atomic E-state index is 0.0987. The quantitative estimate of drug-likeness (QED) is 0.804. The molecule has 0 saturated carbocycles. The van der Waals surface area contributed by atoms with Crippen LogP contribution < -0.4 is 5.32 Å². The first-order valence-electron chi connectivity index (χ1n) is 9.55. The molecule has 1 amide bonds. The van der Waals surface area contributed by atoms with Crippen LogP contribution in [0.3, 0.4) is 0 Å². The number of piperidine rings is 1. The van der Waals surface area contributed by atoms with Gasteiger partial charge in [0.15, 0.2) is 0 Å². The molecule has 1 fully saturated rings. The Hall–Kier alpha value is -2.58. The average molecular weight is 410 g/mol. The number of benzene rings is 1. The molecule has 2 heterocycles. The summed E-state index contributed by atoms with van der Waals surface area (Å²) in [5.74, 6) is 0.587. The van der Waals surface area contributed by atoms with Gasteiger partial charge in [0.25, 0.3) is 0 Å². The summed E-state index contributed by atoms with van der Waals surface area (Å²) in [7, 11) is 0. The Kier molecular flexibility index (Phi) is 5.86. The second-order valence-corrected chi connectivity index (χ2v) is 8.25. The van der Waals surface area contributed by atoms with Gasteiger partial charge in [-0.15, -0.1) is 0 Å². The molecule has 1 saturated heterocycles. The van der Waals surface area contributed by atoms with Crippen molar-refractivity contribution >= 4 is 22.8 Å². The lowest BCUT2D eigenvalue weighted by Gasteiger charge is -2.34. The number of alkyl halides is 3. The van der Waals surface area contributed by atoms with Crippen molar-refractivity contribution in [3.8, 4) is 0 Å². The zero-order chi connectivity index (χ0) is 21.2. The molecule has 0 unspecified atom stereocenters. The van der Waals surface area contributed by atoms with Crippen LogP contribution >= 0.6 is 0 Å². The van der Waals surface area contributed by atoms with E-state index in [2.05, 4.69) is 15.3 Å². The van der Waals surface area contributed by atoms with Crippen molar-refractivity contribution in [3.63, 3.8) is 0 Å². The summed E-state index contributed by atoms with van der Waals surface area (Å²) in [5, 5.41) is 4.02. The van der Waals surface area contributed by atoms with Gasteiger partial charge >= 0.3 is 12.3 Å². The number of halogens is 3. The van der Waals surface area contributed by atoms with Gasteiger partial charge in [0, 0.05) is 24.5 Å². The van der Waals surface area contributed by atoms with Crippen LogP contribution in [-0.2, 0) is 11.2 Å². The fourth-order valence-electron chi connectivity index (χ4n) is 3.29. The predicted molar refractivity (Wildman–Crippen MR) is 104 cm³/mol. The summed E-state index contributed by atoms with van der Waals surface area (Å²) >= 11 is 0. The number of hydrogen-bond donors (Lipinski definition) is 1. The number of amides is 1. The molecule has 1 aromatic heterocycles. The van der Waals surface area contributed by atoms with E-state index in [1.54, 1.807) is 11.0 Å². The standard InChI is InChI=1S/C20H25F3N4O2/c1-19(2,3)29-18(28)27-8-6-14(7-9-27)26-17-15-5-4-13(11-20(21,22)23)10-16(15)24-12-25-17/h4-5,10,12,14H,6-9,11H2,1-3H3,(H,24,25,26). The van der Waals surface area contributed by atoms with Crippen LogP contribution in [0.25, 0.3) is 10.9 Å². The predicted octanol–water partition coefficient (Wildman–Crippen LogP) is 4.55. The molecule has 29 heavy (non-hydrogen) atoms. The monoisotopic (exact) mass is 410 g/mol. The number of carbonyl (C=O) groups is 1. The van der Waals surface area contributed by atoms with Gasteiger partial charge in [-0.25, -0.2) is 14.8 Å². The maximum absolute atomic E-state index is 12.6. The second kappa shape index (κ2) is 8.04. The van der Waals surface area contributed by atoms with Crippen LogP contribution in [0.15, 0.2) is 24.5 Å². The Labute approximate surface area is 167 Å². The van der Waals surface area contributed by atoms with E-state index in [0.29, 0.717) is 29.8 Å². The third-order valence-electron chi connectivity index (χ3n) is 4.59. The smallest absolute Gasteiger partial charge is 0.410 e. The summed E-state index contributed by atoms with van der Waals surface area (Å²) < 4.78 is 43.3. The molecular weight excluding hydrogens is 385 g/mol. The molecule has 0 atom stereocenters. The van der Waals surface area contributed by atoms with E-state index in [-0.39, 0.29) is 17.7 Å². The summed E-state index contributed by atoms with van der Waals surface area (Å²) in [6.07, 6.45) is -2.78. The van der Waals surface area contributed by atoms with E-state index in [1.165, 1.54) is 18.5 Å². The SMILES string of the molecule is CC(C)(C)OC(=O)N1CCC(Nc2ncnc3cc(CC(F)(F)F)ccc23)CC1. The molecule has 0 bridgehead atoms. The lowest BCUT2D eigenvalue weighted by atomic mass is 10.0. The van der Waals surface area contributed by atoms with Crippen molar-refractivity contribution in [2.45, 2.75) is 57.9 Å². The van der Waals surface area contributed by atoms with Crippen molar-refractivity contribution in [1.82, 2.24) is 14.9 Å². The normalized spacial score (nSPS) is 16.1. The van der Waals surface area contributed by atoms with E-state index in [1.807, 2.05) is 20.8 Å². The fraction of sp³-hybridized carbons (Fsp3) is 0.550. The number of aromatic nitrogens is 2. The van der Waals surface area contributed by atoms with Crippen molar-refractivity contribution < 1.29 is 22.7 Å². The van der Waals surface area contributed by atoms with Gasteiger partial charge in [0.05, 0.1) is 11.9 Å². The van der Waals surface area contributed by atoms with E-state index in [4.69, 9.17) is 4.74 Å². The third-order valence-corrected chi connectivity index (χ3v) is 4.59. The first kappa shape index (κ1) is 21.1. The minimum atomic E-state index is -4.26. The Morgan fingerprint density at radius 2 is 1.90 bits per heavy atom. The summed E-state index contributed by atoms with van der Waals surface area (Å²) in [5.41, 5.74) is 0.104. The van der Waals surface area contributed by atoms with E-state index in [9.17, 15) is 18.0 Å². The maximum Gasteiger partial charge on any atom is 0.410 e. The number of likely N-dealkylation sites (tertiary alicyclic amines) is 1. The van der Waals surface area contributed by atoms with Gasteiger partial charge in [0.2, 0.25) is 0 Å². The Morgan fingerprint density at radius 3 is 2.52 bits per heavy atom. The van der Waals surface area contributed by atoms with Crippen LogP contribution in [0, 0.1) is 0 Å². The molecular formula is C20H25F3N4O2. The highest BCUT2D eigenvalue weighted by atomic mass is 19.4. The largest absolute Gasteiger partial charge is 0.444 e. The van der Waals surface area contributed by atoms with Gasteiger partial charge in [-0.3, -0.25) is 0 Å². The molecule has 1 aliphatic heterocycles. The highest BCUT2D eigenvalue weighted by Gasteiger charge is 2.29. The Balaban J connectivity index is 1.64. The average Bonchev–Trinajstić information content (AvgIpc) is 2.59. The molecule has 2 aromatic rings. The molecule has 3 rings (SSSR count). The number of nitrogens with one attached hydrogen (secondary N) is 1. The molecule has 1 aromatic carbocycles. The van der Waals surface area contributed by atoms with Gasteiger partial charge < -0.3 is 15.0 Å². The highest BCUT2D eigenvalue weighted by Crippen LogP contribution is 2.27. The maximum atomic E-state index is 12.6. The van der Waals surface area contributed by atoms with Crippen molar-refractivity contribution in [2.24, 2.45) is 0 Å². The molecule has 0 spiro atoms. The topological polar surface area (TPSA) is 67.3 Å². The zero-order valence-corrected chi connectivity index (χ0v) is 16.7. The first-order chi connectivity index (χ1) is 13.5. The molecule has 0 aliphatic carbocycles. The Morgan fingerprint density at radius 1 is 1.21 bits per heavy atom. The minimum Gasteiger partial charge on any atom is -0.444 e. The van der Waals surface area contributed by atoms with Gasteiger partial charge in [-0.1, -0.05) is 6.07 Å². The zero-order valence-electron chi connectivity index (χ0n) is 16.7. The number of carbonyl (C=O) groups excluding carboxylic acids is 1. The molecule has 158 valence electrons. The van der Waals surface area contributed by atoms with Crippen LogP contribution in [0.4, 0.5) is 23.8 Å². The number of nitrogens with zero attached hydrogens (tertiary/aromatic N) is 3. The molecule has 1 aliphatic rings. The van der Waals surface area contributed by atoms with Crippen LogP contribution in [0.5, 0.6) is 0 Å². The number of anilines is 1. The lowest BCUT2D eigenvalue weighted by molar-refractivity contribution is -0.127. The summed E-state index contributed by atoms with van der Waals surface area (Å²) in [6.45, 7) is 6.62. The molecule has 9 heteroatoms. The highest BCUT2D eigenvalue weighted by molar-refractivity contribution is 5.89. The third kappa shape index (κ3) is 5.95. The van der Waals surface area contributed by atoms with Crippen LogP contribution in [0.1, 0.15) is 39.2 Å². The lowest BCUT2D eigenvalue weighted by Crippen LogP contribution is -2.44. The number of rotatable bonds is 3. The Bertz CT molecular complexity index is 872. The van der Waals surface area contributed by atoms with Crippen molar-refractivity contribution in [2.75, 3.05) is 18.4 Å². The second-order valence-electron chi connectivity index (χ2n) is 8.25. The van der Waals surface area contributed by atoms with E-state index in [0.717, 1.165) is 12.8 Å². The van der Waals surface area contributed by atoms with Gasteiger partial charge in [0.1, 0.15) is 17.7 Å². The van der Waals surface area contributed by atoms with Crippen LogP contribution in [-0.4, -0.2) is 51.9 Å². The fourth-order valence-corrected chi connectivity index (χ4v) is 3.29. The molecule has 0 radical (unpaired) electrons. The number of ether oxygens (including phenoxy) is 1. The van der Waals surface area contributed by atoms with Gasteiger partial charge in [-0.2, -0.15) is 13.2 Å². The summed E-state index contributed by atoms with van der Waals surface area (Å²) in [6, 6.07) is 4.62. The molecule has 1 N–H and O–H groups in total. The van der Waals surface area contributed by atoms with Crippen molar-refractivity contribution in [3.05, 3.63) is 30.1 Å².